The lowest BCUT2D eigenvalue weighted by molar-refractivity contribution is 0.670. The highest BCUT2D eigenvalue weighted by Gasteiger charge is 2.20. The summed E-state index contributed by atoms with van der Waals surface area (Å²) in [6, 6.07) is 74.5. The average Bonchev–Trinajstić information content (AvgIpc) is 3.95. The number of fused-ring (bicyclic) bond motifs is 6. The van der Waals surface area contributed by atoms with Gasteiger partial charge in [-0.1, -0.05) is 150 Å². The zero-order chi connectivity index (χ0) is 46.0. The van der Waals surface area contributed by atoms with E-state index in [0.29, 0.717) is 16.5 Å². The molecule has 0 atom stereocenters. The minimum absolute atomic E-state index is 0.187. The lowest BCUT2D eigenvalue weighted by Gasteiger charge is -2.27. The van der Waals surface area contributed by atoms with Gasteiger partial charge in [-0.05, 0) is 112 Å². The van der Waals surface area contributed by atoms with Gasteiger partial charge in [-0.2, -0.15) is 0 Å². The smallest absolute Gasteiger partial charge is 0.143 e. The zero-order valence-electron chi connectivity index (χ0n) is 36.9. The molecule has 2 heterocycles. The molecule has 0 aliphatic rings. The van der Waals surface area contributed by atoms with E-state index >= 15 is 0 Å². The van der Waals surface area contributed by atoms with Crippen molar-refractivity contribution in [3.05, 3.63) is 212 Å². The summed E-state index contributed by atoms with van der Waals surface area (Å²) in [7, 11) is 31.7. The van der Waals surface area contributed by atoms with Crippen LogP contribution in [0.4, 0.5) is 17.1 Å². The Hall–Kier alpha value is -8.08. The molecule has 10 aromatic carbocycles. The third-order valence-electron chi connectivity index (χ3n) is 13.3. The molecule has 306 valence electrons. The van der Waals surface area contributed by atoms with Crippen LogP contribution < -0.4 is 32.2 Å². The Balaban J connectivity index is 0.948. The number of rotatable bonds is 8. The molecular formula is C60H35B5N2O. The molecule has 0 amide bonds. The van der Waals surface area contributed by atoms with Crippen molar-refractivity contribution in [2.75, 3.05) is 4.90 Å². The molecular weight excluding hydrogens is 819 g/mol. The molecule has 3 nitrogen and oxygen atoms in total. The maximum absolute atomic E-state index is 6.51. The van der Waals surface area contributed by atoms with Gasteiger partial charge < -0.3 is 13.9 Å². The van der Waals surface area contributed by atoms with E-state index in [9.17, 15) is 0 Å². The number of furan rings is 1. The molecule has 0 bridgehead atoms. The van der Waals surface area contributed by atoms with Crippen LogP contribution >= 0.6 is 0 Å². The fraction of sp³-hybridized carbons (Fsp3) is 0. The maximum Gasteiger partial charge on any atom is 0.143 e. The molecule has 0 spiro atoms. The summed E-state index contributed by atoms with van der Waals surface area (Å²) >= 11 is 0. The van der Waals surface area contributed by atoms with Crippen molar-refractivity contribution < 1.29 is 4.42 Å². The first-order chi connectivity index (χ1) is 33.3. The highest BCUT2D eigenvalue weighted by atomic mass is 16.3. The maximum atomic E-state index is 6.51. The molecule has 68 heavy (non-hydrogen) atoms. The second-order valence-electron chi connectivity index (χ2n) is 17.2. The van der Waals surface area contributed by atoms with Crippen LogP contribution in [-0.4, -0.2) is 43.8 Å². The van der Waals surface area contributed by atoms with Crippen LogP contribution in [0.2, 0.25) is 0 Å². The Morgan fingerprint density at radius 2 is 0.853 bits per heavy atom. The van der Waals surface area contributed by atoms with Crippen LogP contribution in [0.3, 0.4) is 0 Å². The molecule has 0 N–H and O–H groups in total. The van der Waals surface area contributed by atoms with E-state index in [-0.39, 0.29) is 16.4 Å². The van der Waals surface area contributed by atoms with Crippen molar-refractivity contribution in [3.8, 4) is 50.2 Å². The average molecular weight is 854 g/mol. The minimum Gasteiger partial charge on any atom is -0.455 e. The number of hydrogen-bond acceptors (Lipinski definition) is 2. The van der Waals surface area contributed by atoms with Gasteiger partial charge in [0.2, 0.25) is 0 Å². The number of benzene rings is 10. The largest absolute Gasteiger partial charge is 0.455 e. The lowest BCUT2D eigenvalue weighted by atomic mass is 9.60. The molecule has 0 unspecified atom stereocenters. The van der Waals surface area contributed by atoms with E-state index in [1.54, 1.807) is 0 Å². The van der Waals surface area contributed by atoms with E-state index in [1.165, 1.54) is 16.3 Å². The molecule has 0 aliphatic heterocycles. The second kappa shape index (κ2) is 16.7. The van der Waals surface area contributed by atoms with Crippen molar-refractivity contribution in [1.29, 1.82) is 0 Å². The molecule has 0 saturated carbocycles. The van der Waals surface area contributed by atoms with E-state index < -0.39 is 0 Å². The molecule has 10 radical (unpaired) electrons. The normalized spacial score (nSPS) is 11.5. The van der Waals surface area contributed by atoms with Gasteiger partial charge in [0.1, 0.15) is 50.4 Å². The quantitative estimate of drug-likeness (QED) is 0.142. The van der Waals surface area contributed by atoms with Gasteiger partial charge in [0.05, 0.1) is 11.0 Å². The summed E-state index contributed by atoms with van der Waals surface area (Å²) in [6.45, 7) is 0. The van der Waals surface area contributed by atoms with Crippen LogP contribution in [0.1, 0.15) is 0 Å². The zero-order valence-corrected chi connectivity index (χ0v) is 36.9. The van der Waals surface area contributed by atoms with E-state index in [0.717, 1.165) is 89.1 Å². The van der Waals surface area contributed by atoms with Gasteiger partial charge in [0, 0.05) is 49.9 Å². The van der Waals surface area contributed by atoms with Gasteiger partial charge in [-0.25, -0.2) is 0 Å². The van der Waals surface area contributed by atoms with Crippen LogP contribution in [-0.2, 0) is 0 Å². The molecule has 0 fully saturated rings. The van der Waals surface area contributed by atoms with Crippen LogP contribution in [0.25, 0.3) is 93.9 Å². The highest BCUT2D eigenvalue weighted by Crippen LogP contribution is 2.42. The number of nitrogens with zero attached hydrogens (tertiary/aromatic N) is 2. The van der Waals surface area contributed by atoms with E-state index in [2.05, 4.69) is 204 Å². The molecule has 12 aromatic rings. The molecule has 12 rings (SSSR count). The fourth-order valence-electron chi connectivity index (χ4n) is 9.92. The molecule has 2 aromatic heterocycles. The molecule has 8 heteroatoms. The summed E-state index contributed by atoms with van der Waals surface area (Å²) in [5, 5.41) is 4.58. The van der Waals surface area contributed by atoms with Gasteiger partial charge in [-0.3, -0.25) is 0 Å². The van der Waals surface area contributed by atoms with E-state index in [4.69, 9.17) is 43.6 Å². The number of aromatic nitrogens is 1. The van der Waals surface area contributed by atoms with Crippen molar-refractivity contribution in [1.82, 2.24) is 4.57 Å². The summed E-state index contributed by atoms with van der Waals surface area (Å²) in [5.41, 5.74) is 17.3. The first kappa shape index (κ1) is 41.4. The second-order valence-corrected chi connectivity index (χ2v) is 17.2. The minimum atomic E-state index is 0.187. The predicted octanol–water partition coefficient (Wildman–Crippen LogP) is 10.8. The Labute approximate surface area is 401 Å². The van der Waals surface area contributed by atoms with Gasteiger partial charge in [0.15, 0.2) is 0 Å². The van der Waals surface area contributed by atoms with Crippen LogP contribution in [0.15, 0.2) is 217 Å². The topological polar surface area (TPSA) is 21.3 Å². The van der Waals surface area contributed by atoms with Crippen molar-refractivity contribution in [2.24, 2.45) is 0 Å². The van der Waals surface area contributed by atoms with Gasteiger partial charge in [-0.15, -0.1) is 16.4 Å². The first-order valence-electron chi connectivity index (χ1n) is 22.5. The Bertz CT molecular complexity index is 3850. The summed E-state index contributed by atoms with van der Waals surface area (Å²) in [4.78, 5) is 2.25. The monoisotopic (exact) mass is 854 g/mol. The molecule has 0 saturated heterocycles. The first-order valence-corrected chi connectivity index (χ1v) is 22.5. The van der Waals surface area contributed by atoms with Crippen molar-refractivity contribution in [3.63, 3.8) is 0 Å². The summed E-state index contributed by atoms with van der Waals surface area (Å²) in [5.74, 6) is 0. The van der Waals surface area contributed by atoms with Gasteiger partial charge >= 0.3 is 0 Å². The third-order valence-corrected chi connectivity index (χ3v) is 13.3. The number of para-hydroxylation sites is 3. The Morgan fingerprint density at radius 1 is 0.353 bits per heavy atom. The Morgan fingerprint density at radius 3 is 1.53 bits per heavy atom. The number of anilines is 3. The third kappa shape index (κ3) is 6.82. The SMILES string of the molecule is [B]c1c([B])c([B])c(-c2ccc(N(c3ccc(-c4ccc5oc6c(-c7ccccc7)cccc6c5c4)cc3)c3ccc(-c4cccc5c4c4ccccc4n5-c4ccccc4)cc3)cc2)c([B])c1[B]. The fourth-order valence-corrected chi connectivity index (χ4v) is 9.92. The van der Waals surface area contributed by atoms with Crippen molar-refractivity contribution >= 4 is 127 Å². The summed E-state index contributed by atoms with van der Waals surface area (Å²) in [6.07, 6.45) is 0. The highest BCUT2D eigenvalue weighted by molar-refractivity contribution is 6.68. The van der Waals surface area contributed by atoms with Crippen LogP contribution in [0.5, 0.6) is 0 Å². The lowest BCUT2D eigenvalue weighted by Crippen LogP contribution is -2.55. The summed E-state index contributed by atoms with van der Waals surface area (Å²) < 4.78 is 8.85. The molecule has 0 aliphatic carbocycles. The van der Waals surface area contributed by atoms with E-state index in [1.807, 2.05) is 18.2 Å². The number of hydrogen-bond donors (Lipinski definition) is 0. The Kier molecular flexibility index (Phi) is 10.1. The van der Waals surface area contributed by atoms with Crippen molar-refractivity contribution in [2.45, 2.75) is 0 Å². The van der Waals surface area contributed by atoms with Gasteiger partial charge in [0.25, 0.3) is 0 Å². The standard InChI is InChI=1S/C60H35B5N2O/c61-55-53(56(62)58(64)59(65)57(55)63)39-25-32-44(33-26-39)66(42-28-21-36(22-29-42)40-27-34-52-49(35-40)47-18-9-17-46(60(47)68-52)37-11-3-1-4-12-37)43-30-23-38(24-31-43)45-16-10-20-51-54(45)48-15-7-8-19-50(48)67(51)41-13-5-2-6-14-41/h1-35H. The predicted molar refractivity (Wildman–Crippen MR) is 291 cm³/mol. The van der Waals surface area contributed by atoms with Crippen LogP contribution in [0, 0.1) is 0 Å².